The van der Waals surface area contributed by atoms with Crippen molar-refractivity contribution in [1.82, 2.24) is 20.9 Å². The number of nitrogens with one attached hydrogen (secondary N) is 3. The summed E-state index contributed by atoms with van der Waals surface area (Å²) in [6.45, 7) is 14.4. The number of aliphatic hydroxyl groups excluding tert-OH is 1. The Morgan fingerprint density at radius 3 is 1.71 bits per heavy atom. The molecule has 0 aromatic heterocycles. The van der Waals surface area contributed by atoms with E-state index in [-0.39, 0.29) is 42.9 Å². The zero-order chi connectivity index (χ0) is 40.6. The van der Waals surface area contributed by atoms with Gasteiger partial charge in [0, 0.05) is 37.9 Å². The van der Waals surface area contributed by atoms with Crippen LogP contribution in [0.5, 0.6) is 0 Å². The van der Waals surface area contributed by atoms with Crippen molar-refractivity contribution in [2.45, 2.75) is 102 Å². The number of carboxylic acids is 1. The average Bonchev–Trinajstić information content (AvgIpc) is 3.16. The van der Waals surface area contributed by atoms with E-state index < -0.39 is 34.5 Å². The number of aliphatic hydroxyl groups is 1. The highest BCUT2D eigenvalue weighted by Crippen LogP contribution is 2.48. The number of amides is 2. The van der Waals surface area contributed by atoms with Crippen LogP contribution in [-0.2, 0) is 19.1 Å². The molecule has 0 bridgehead atoms. The molecule has 3 aromatic carbocycles. The van der Waals surface area contributed by atoms with E-state index in [0.29, 0.717) is 25.3 Å². The molecule has 6 atom stereocenters. The SMILES string of the molecule is CC[C@H](C)[C@@H](C(=O)N[C@@H](CCO)C(=O)O)N(C)C[C@@H](NC[C@H](CSC(c1ccccc1)(c1ccccc1)c1ccccc1)NC(=O)OC(C)(C)C)[C@@H](C)CC. The molecule has 0 fully saturated rings. The summed E-state index contributed by atoms with van der Waals surface area (Å²) in [6.07, 6.45) is 1.03. The van der Waals surface area contributed by atoms with Crippen LogP contribution in [0.15, 0.2) is 91.0 Å². The molecule has 0 saturated carbocycles. The number of nitrogens with zero attached hydrogens (tertiary/aromatic N) is 1. The molecular weight excluding hydrogens is 713 g/mol. The molecule has 0 aliphatic carbocycles. The Labute approximate surface area is 333 Å². The second kappa shape index (κ2) is 22.0. The third-order valence-electron chi connectivity index (χ3n) is 10.2. The number of aliphatic carboxylic acids is 1. The molecule has 0 heterocycles. The van der Waals surface area contributed by atoms with E-state index in [0.717, 1.165) is 23.1 Å². The van der Waals surface area contributed by atoms with Gasteiger partial charge in [-0.1, -0.05) is 132 Å². The Bertz CT molecular complexity index is 1490. The van der Waals surface area contributed by atoms with Gasteiger partial charge in [-0.05, 0) is 56.3 Å². The molecule has 3 rings (SSSR count). The topological polar surface area (TPSA) is 140 Å². The van der Waals surface area contributed by atoms with Gasteiger partial charge in [-0.15, -0.1) is 11.8 Å². The molecule has 0 aliphatic rings. The summed E-state index contributed by atoms with van der Waals surface area (Å²) in [4.78, 5) is 40.9. The van der Waals surface area contributed by atoms with E-state index in [1.165, 1.54) is 0 Å². The summed E-state index contributed by atoms with van der Waals surface area (Å²) in [5.74, 6) is -0.875. The molecule has 11 heteroatoms. The van der Waals surface area contributed by atoms with Gasteiger partial charge in [-0.25, -0.2) is 9.59 Å². The number of likely N-dealkylation sites (N-methyl/N-ethyl adjacent to an activating group) is 1. The Morgan fingerprint density at radius 2 is 1.29 bits per heavy atom. The fraction of sp³-hybridized carbons (Fsp3) is 0.523. The summed E-state index contributed by atoms with van der Waals surface area (Å²) in [5.41, 5.74) is 2.69. The number of carboxylic acid groups (broad SMARTS) is 1. The zero-order valence-corrected chi connectivity index (χ0v) is 34.8. The summed E-state index contributed by atoms with van der Waals surface area (Å²) in [5, 5.41) is 28.7. The molecule has 10 nitrogen and oxygen atoms in total. The third-order valence-corrected chi connectivity index (χ3v) is 11.9. The zero-order valence-electron chi connectivity index (χ0n) is 34.0. The van der Waals surface area contributed by atoms with E-state index in [4.69, 9.17) is 4.74 Å². The lowest BCUT2D eigenvalue weighted by atomic mass is 9.84. The third kappa shape index (κ3) is 13.4. The number of carbonyl (C=O) groups is 3. The molecular formula is C44H64N4O6S. The Kier molecular flexibility index (Phi) is 18.2. The highest BCUT2D eigenvalue weighted by molar-refractivity contribution is 8.00. The highest BCUT2D eigenvalue weighted by Gasteiger charge is 2.38. The van der Waals surface area contributed by atoms with Crippen LogP contribution in [0.3, 0.4) is 0 Å². The first-order chi connectivity index (χ1) is 26.2. The largest absolute Gasteiger partial charge is 0.480 e. The minimum atomic E-state index is -1.18. The first-order valence-electron chi connectivity index (χ1n) is 19.5. The number of hydrogen-bond donors (Lipinski definition) is 5. The van der Waals surface area contributed by atoms with Crippen molar-refractivity contribution in [3.8, 4) is 0 Å². The maximum atomic E-state index is 13.6. The van der Waals surface area contributed by atoms with Gasteiger partial charge in [0.1, 0.15) is 11.6 Å². The summed E-state index contributed by atoms with van der Waals surface area (Å²) in [7, 11) is 1.90. The van der Waals surface area contributed by atoms with Gasteiger partial charge in [0.25, 0.3) is 0 Å². The number of ether oxygens (including phenoxy) is 1. The molecule has 0 aliphatic heterocycles. The van der Waals surface area contributed by atoms with Crippen molar-refractivity contribution < 1.29 is 29.3 Å². The van der Waals surface area contributed by atoms with Crippen LogP contribution in [0.25, 0.3) is 0 Å². The van der Waals surface area contributed by atoms with Crippen molar-refractivity contribution in [1.29, 1.82) is 0 Å². The number of carbonyl (C=O) groups excluding carboxylic acids is 2. The second-order valence-electron chi connectivity index (χ2n) is 15.5. The van der Waals surface area contributed by atoms with Crippen LogP contribution in [0.4, 0.5) is 4.79 Å². The fourth-order valence-electron chi connectivity index (χ4n) is 6.83. The van der Waals surface area contributed by atoms with Gasteiger partial charge in [0.05, 0.1) is 16.8 Å². The first kappa shape index (κ1) is 45.5. The predicted molar refractivity (Wildman–Crippen MR) is 223 cm³/mol. The minimum absolute atomic E-state index is 0.0637. The van der Waals surface area contributed by atoms with Gasteiger partial charge in [0.2, 0.25) is 5.91 Å². The van der Waals surface area contributed by atoms with Gasteiger partial charge < -0.3 is 30.9 Å². The molecule has 3 aromatic rings. The van der Waals surface area contributed by atoms with E-state index in [9.17, 15) is 24.6 Å². The molecule has 302 valence electrons. The number of thioether (sulfide) groups is 1. The van der Waals surface area contributed by atoms with Crippen molar-refractivity contribution in [3.05, 3.63) is 108 Å². The van der Waals surface area contributed by atoms with Crippen molar-refractivity contribution in [2.75, 3.05) is 32.5 Å². The van der Waals surface area contributed by atoms with Crippen molar-refractivity contribution in [2.24, 2.45) is 11.8 Å². The lowest BCUT2D eigenvalue weighted by Crippen LogP contribution is -2.57. The number of hydrogen-bond acceptors (Lipinski definition) is 8. The smallest absolute Gasteiger partial charge is 0.407 e. The first-order valence-corrected chi connectivity index (χ1v) is 20.5. The van der Waals surface area contributed by atoms with Crippen LogP contribution < -0.4 is 16.0 Å². The van der Waals surface area contributed by atoms with Crippen molar-refractivity contribution in [3.63, 3.8) is 0 Å². The number of rotatable bonds is 22. The number of benzene rings is 3. The second-order valence-corrected chi connectivity index (χ2v) is 16.7. The summed E-state index contributed by atoms with van der Waals surface area (Å²) in [6, 6.07) is 29.2. The lowest BCUT2D eigenvalue weighted by Gasteiger charge is -2.38. The van der Waals surface area contributed by atoms with Gasteiger partial charge >= 0.3 is 12.1 Å². The normalized spacial score (nSPS) is 15.3. The molecule has 0 radical (unpaired) electrons. The van der Waals surface area contributed by atoms with Gasteiger partial charge in [0.15, 0.2) is 0 Å². The minimum Gasteiger partial charge on any atom is -0.480 e. The maximum Gasteiger partial charge on any atom is 0.407 e. The molecule has 5 N–H and O–H groups in total. The van der Waals surface area contributed by atoms with Crippen LogP contribution in [0.2, 0.25) is 0 Å². The molecule has 0 spiro atoms. The van der Waals surface area contributed by atoms with Gasteiger partial charge in [-0.2, -0.15) is 0 Å². The summed E-state index contributed by atoms with van der Waals surface area (Å²) >= 11 is 1.76. The maximum absolute atomic E-state index is 13.6. The molecule has 0 unspecified atom stereocenters. The predicted octanol–water partition coefficient (Wildman–Crippen LogP) is 6.91. The highest BCUT2D eigenvalue weighted by atomic mass is 32.2. The fourth-order valence-corrected chi connectivity index (χ4v) is 8.39. The van der Waals surface area contributed by atoms with Crippen LogP contribution in [-0.4, -0.2) is 95.3 Å². The van der Waals surface area contributed by atoms with Crippen LogP contribution >= 0.6 is 11.8 Å². The molecule has 55 heavy (non-hydrogen) atoms. The molecule has 2 amide bonds. The Morgan fingerprint density at radius 1 is 0.800 bits per heavy atom. The van der Waals surface area contributed by atoms with Gasteiger partial charge in [-0.3, -0.25) is 9.69 Å². The van der Waals surface area contributed by atoms with Crippen LogP contribution in [0.1, 0.15) is 84.4 Å². The summed E-state index contributed by atoms with van der Waals surface area (Å²) < 4.78 is 5.17. The monoisotopic (exact) mass is 776 g/mol. The average molecular weight is 777 g/mol. The van der Waals surface area contributed by atoms with E-state index >= 15 is 0 Å². The quantitative estimate of drug-likeness (QED) is 0.0690. The number of alkyl carbamates (subject to hydrolysis) is 1. The molecule has 0 saturated heterocycles. The lowest BCUT2D eigenvalue weighted by molar-refractivity contribution is -0.143. The van der Waals surface area contributed by atoms with E-state index in [1.807, 2.05) is 64.8 Å². The van der Waals surface area contributed by atoms with E-state index in [2.05, 4.69) is 103 Å². The van der Waals surface area contributed by atoms with Crippen molar-refractivity contribution >= 4 is 29.7 Å². The van der Waals surface area contributed by atoms with Crippen LogP contribution in [0, 0.1) is 11.8 Å². The van der Waals surface area contributed by atoms with E-state index in [1.54, 1.807) is 11.8 Å². The Balaban J connectivity index is 1.97. The Hall–Kier alpha value is -3.90. The standard InChI is InChI=1S/C44H64N4O6S/c1-9-31(3)38(29-48(8)39(32(4)10-2)40(50)47-37(26-27-49)41(51)52)45-28-36(46-42(53)54-43(5,6)7)30-55-44(33-20-14-11-15-21-33,34-22-16-12-17-23-34)35-24-18-13-19-25-35/h11-25,31-32,36-39,45,49H,9-10,26-30H2,1-8H3,(H,46,53)(H,47,50)(H,51,52)/t31-,32-,36+,37-,38+,39-/m0/s1.